The van der Waals surface area contributed by atoms with Gasteiger partial charge in [-0.15, -0.1) is 0 Å². The van der Waals surface area contributed by atoms with Gasteiger partial charge in [-0.05, 0) is 24.7 Å². The maximum atomic E-state index is 3.87. The van der Waals surface area contributed by atoms with Gasteiger partial charge in [-0.2, -0.15) is 0 Å². The van der Waals surface area contributed by atoms with E-state index in [0.29, 0.717) is 0 Å². The molecular weight excluding hydrogens is 288 g/mol. The third kappa shape index (κ3) is 21.1. The lowest BCUT2D eigenvalue weighted by Gasteiger charge is -2.00. The summed E-state index contributed by atoms with van der Waals surface area (Å²) in [6, 6.07) is 0. The van der Waals surface area contributed by atoms with E-state index in [-0.39, 0.29) is 0 Å². The minimum atomic E-state index is 1.01. The van der Waals surface area contributed by atoms with E-state index in [0.717, 1.165) is 19.3 Å². The van der Waals surface area contributed by atoms with Crippen molar-refractivity contribution in [1.29, 1.82) is 0 Å². The Morgan fingerprint density at radius 1 is 0.500 bits per heavy atom. The molecule has 0 atom stereocenters. The van der Waals surface area contributed by atoms with E-state index in [1.54, 1.807) is 0 Å². The molecule has 0 aromatic carbocycles. The van der Waals surface area contributed by atoms with Crippen molar-refractivity contribution < 1.29 is 0 Å². The predicted octanol–water partition coefficient (Wildman–Crippen LogP) is 7.87. The lowest BCUT2D eigenvalue weighted by molar-refractivity contribution is 0.558. The van der Waals surface area contributed by atoms with Crippen LogP contribution in [0.2, 0.25) is 0 Å². The minimum absolute atomic E-state index is 1.01. The molecule has 0 heteroatoms. The first kappa shape index (κ1) is 23.1. The van der Waals surface area contributed by atoms with Crippen LogP contribution in [-0.2, 0) is 0 Å². The summed E-state index contributed by atoms with van der Waals surface area (Å²) in [7, 11) is 0. The molecule has 0 N–H and O–H groups in total. The molecule has 1 radical (unpaired) electrons. The fraction of sp³-hybridized carbons (Fsp3) is 0.792. The molecule has 0 aliphatic heterocycles. The molecule has 0 aliphatic carbocycles. The third-order valence-electron chi connectivity index (χ3n) is 4.45. The average molecular weight is 330 g/mol. The molecule has 0 spiro atoms. The van der Waals surface area contributed by atoms with Crippen LogP contribution in [0.15, 0.2) is 0 Å². The van der Waals surface area contributed by atoms with Crippen molar-refractivity contribution in [2.24, 2.45) is 0 Å². The fourth-order valence-corrected chi connectivity index (χ4v) is 2.83. The van der Waals surface area contributed by atoms with Gasteiger partial charge >= 0.3 is 0 Å². The van der Waals surface area contributed by atoms with Gasteiger partial charge in [-0.25, -0.2) is 0 Å². The monoisotopic (exact) mass is 329 g/mol. The van der Waals surface area contributed by atoms with Crippen LogP contribution < -0.4 is 0 Å². The summed E-state index contributed by atoms with van der Waals surface area (Å²) in [5, 5.41) is 0. The summed E-state index contributed by atoms with van der Waals surface area (Å²) < 4.78 is 0. The van der Waals surface area contributed by atoms with Gasteiger partial charge in [0, 0.05) is 12.8 Å². The van der Waals surface area contributed by atoms with E-state index in [1.807, 2.05) is 0 Å². The van der Waals surface area contributed by atoms with Crippen molar-refractivity contribution >= 4 is 0 Å². The van der Waals surface area contributed by atoms with E-state index in [4.69, 9.17) is 0 Å². The molecule has 0 fully saturated rings. The van der Waals surface area contributed by atoms with Crippen LogP contribution in [0.3, 0.4) is 0 Å². The standard InChI is InChI=1S/C24H41/c1-3-5-7-9-11-13-15-17-19-21-23-24-22-20-18-16-14-12-10-8-6-4-2/h1,3-16,18,20,22,24H2,2H3. The molecule has 0 saturated heterocycles. The number of hydrogen-bond acceptors (Lipinski definition) is 0. The first-order valence-electron chi connectivity index (χ1n) is 10.7. The fourth-order valence-electron chi connectivity index (χ4n) is 2.83. The first-order chi connectivity index (χ1) is 11.9. The molecule has 0 aliphatic rings. The Balaban J connectivity index is 3.21. The second-order valence-corrected chi connectivity index (χ2v) is 6.91. The van der Waals surface area contributed by atoms with Gasteiger partial charge in [0.2, 0.25) is 0 Å². The zero-order chi connectivity index (χ0) is 17.6. The van der Waals surface area contributed by atoms with Crippen LogP contribution in [0.25, 0.3) is 0 Å². The highest BCUT2D eigenvalue weighted by molar-refractivity contribution is 5.25. The van der Waals surface area contributed by atoms with Crippen molar-refractivity contribution in [2.45, 2.75) is 122 Å². The molecular formula is C24H41. The second-order valence-electron chi connectivity index (χ2n) is 6.91. The van der Waals surface area contributed by atoms with E-state index in [9.17, 15) is 0 Å². The molecule has 0 heterocycles. The lowest BCUT2D eigenvalue weighted by Crippen LogP contribution is -1.81. The van der Waals surface area contributed by atoms with E-state index < -0.39 is 0 Å². The number of unbranched alkanes of at least 4 members (excludes halogenated alkanes) is 16. The molecule has 0 unspecified atom stereocenters. The second kappa shape index (κ2) is 22.1. The van der Waals surface area contributed by atoms with Gasteiger partial charge in [0.25, 0.3) is 0 Å². The summed E-state index contributed by atoms with van der Waals surface area (Å²) in [6.45, 7) is 6.15. The van der Waals surface area contributed by atoms with Gasteiger partial charge in [0.15, 0.2) is 0 Å². The van der Waals surface area contributed by atoms with Crippen molar-refractivity contribution in [3.63, 3.8) is 0 Å². The number of hydrogen-bond donors (Lipinski definition) is 0. The van der Waals surface area contributed by atoms with Crippen LogP contribution >= 0.6 is 0 Å². The summed E-state index contributed by atoms with van der Waals surface area (Å²) in [4.78, 5) is 0. The van der Waals surface area contributed by atoms with Crippen molar-refractivity contribution in [3.8, 4) is 23.7 Å². The zero-order valence-corrected chi connectivity index (χ0v) is 16.4. The molecule has 0 aromatic heterocycles. The van der Waals surface area contributed by atoms with Gasteiger partial charge < -0.3 is 0 Å². The minimum Gasteiger partial charge on any atom is -0.0891 e. The van der Waals surface area contributed by atoms with Gasteiger partial charge in [-0.3, -0.25) is 0 Å². The largest absolute Gasteiger partial charge is 0.0891 e. The summed E-state index contributed by atoms with van der Waals surface area (Å²) >= 11 is 0. The maximum absolute atomic E-state index is 3.87. The maximum Gasteiger partial charge on any atom is 0.00989 e. The Labute approximate surface area is 153 Å². The predicted molar refractivity (Wildman–Crippen MR) is 110 cm³/mol. The smallest absolute Gasteiger partial charge is 0.00989 e. The Bertz CT molecular complexity index is 344. The van der Waals surface area contributed by atoms with E-state index >= 15 is 0 Å². The highest BCUT2D eigenvalue weighted by Gasteiger charge is 1.91. The molecule has 0 nitrogen and oxygen atoms in total. The molecule has 0 aromatic rings. The van der Waals surface area contributed by atoms with Crippen LogP contribution in [-0.4, -0.2) is 0 Å². The SMILES string of the molecule is [CH2]CCCCCCCC#CC#CCCCCCCCCCCCC. The molecule has 0 rings (SSSR count). The Morgan fingerprint density at radius 3 is 1.29 bits per heavy atom. The summed E-state index contributed by atoms with van der Waals surface area (Å²) in [6.07, 6.45) is 23.5. The quantitative estimate of drug-likeness (QED) is 0.200. The average Bonchev–Trinajstić information content (AvgIpc) is 2.60. The third-order valence-corrected chi connectivity index (χ3v) is 4.45. The van der Waals surface area contributed by atoms with Crippen molar-refractivity contribution in [2.75, 3.05) is 0 Å². The van der Waals surface area contributed by atoms with Crippen LogP contribution in [0.4, 0.5) is 0 Å². The summed E-state index contributed by atoms with van der Waals surface area (Å²) in [5.74, 6) is 12.4. The van der Waals surface area contributed by atoms with Gasteiger partial charge in [0.1, 0.15) is 0 Å². The Hall–Kier alpha value is -0.880. The molecule has 0 saturated carbocycles. The molecule has 24 heavy (non-hydrogen) atoms. The topological polar surface area (TPSA) is 0 Å². The van der Waals surface area contributed by atoms with Gasteiger partial charge in [0.05, 0.1) is 0 Å². The molecule has 0 bridgehead atoms. The highest BCUT2D eigenvalue weighted by Crippen LogP contribution is 2.11. The Kier molecular flexibility index (Phi) is 21.3. The van der Waals surface area contributed by atoms with Gasteiger partial charge in [-0.1, -0.05) is 116 Å². The lowest BCUT2D eigenvalue weighted by atomic mass is 10.1. The highest BCUT2D eigenvalue weighted by atomic mass is 14.0. The van der Waals surface area contributed by atoms with Crippen molar-refractivity contribution in [1.82, 2.24) is 0 Å². The summed E-state index contributed by atoms with van der Waals surface area (Å²) in [5.41, 5.74) is 0. The Morgan fingerprint density at radius 2 is 0.875 bits per heavy atom. The van der Waals surface area contributed by atoms with E-state index in [2.05, 4.69) is 37.5 Å². The zero-order valence-electron chi connectivity index (χ0n) is 16.4. The van der Waals surface area contributed by atoms with Crippen molar-refractivity contribution in [3.05, 3.63) is 6.92 Å². The first-order valence-corrected chi connectivity index (χ1v) is 10.7. The normalized spacial score (nSPS) is 9.92. The number of rotatable bonds is 16. The van der Waals surface area contributed by atoms with Crippen LogP contribution in [0, 0.1) is 30.6 Å². The van der Waals surface area contributed by atoms with Crippen LogP contribution in [0.5, 0.6) is 0 Å². The van der Waals surface area contributed by atoms with E-state index in [1.165, 1.54) is 96.3 Å². The van der Waals surface area contributed by atoms with Crippen LogP contribution in [0.1, 0.15) is 122 Å². The molecule has 0 amide bonds. The molecule has 137 valence electrons.